The molecule has 0 bridgehead atoms. The maximum Gasteiger partial charge on any atom is 0.466 e. The first-order chi connectivity index (χ1) is 4.56. The van der Waals surface area contributed by atoms with Crippen LogP contribution in [0.15, 0.2) is 0 Å². The maximum atomic E-state index is 10.8. The molecule has 0 amide bonds. The third kappa shape index (κ3) is 51.0. The van der Waals surface area contributed by atoms with Crippen molar-refractivity contribution in [1.29, 1.82) is 0 Å². The SMILES string of the molecule is FC(F)(F)[CH2][K].O=P(O)(O)O. The van der Waals surface area contributed by atoms with Gasteiger partial charge in [-0.15, -0.1) is 0 Å². The summed E-state index contributed by atoms with van der Waals surface area (Å²) in [4.78, 5) is 21.6. The van der Waals surface area contributed by atoms with Gasteiger partial charge in [0.15, 0.2) is 0 Å². The topological polar surface area (TPSA) is 77.8 Å². The minimum Gasteiger partial charge on any atom is -0.303 e. The third-order valence-corrected chi connectivity index (χ3v) is 1.65. The molecule has 0 atom stereocenters. The van der Waals surface area contributed by atoms with E-state index in [1.165, 1.54) is 0 Å². The molecule has 0 aromatic heterocycles. The summed E-state index contributed by atoms with van der Waals surface area (Å²) in [5.41, 5.74) is 0. The predicted octanol–water partition coefficient (Wildman–Crippen LogP) is 0.207. The summed E-state index contributed by atoms with van der Waals surface area (Å²) in [5.74, 6) is 0. The second-order valence-corrected chi connectivity index (χ2v) is 3.61. The predicted molar refractivity (Wildman–Crippen MR) is 30.9 cm³/mol. The van der Waals surface area contributed by atoms with Gasteiger partial charge in [0, 0.05) is 0 Å². The third-order valence-electron chi connectivity index (χ3n) is 0.401. The van der Waals surface area contributed by atoms with E-state index in [9.17, 15) is 13.2 Å². The Kier molecular flexibility index (Phi) is 8.28. The molecule has 0 unspecified atom stereocenters. The summed E-state index contributed by atoms with van der Waals surface area (Å²) in [6, 6.07) is 0. The average molecular weight is 220 g/mol. The van der Waals surface area contributed by atoms with Crippen LogP contribution in [-0.4, -0.2) is 69.8 Å². The van der Waals surface area contributed by atoms with Crippen LogP contribution in [0.1, 0.15) is 0 Å². The van der Waals surface area contributed by atoms with Crippen molar-refractivity contribution >= 4 is 56.8 Å². The van der Waals surface area contributed by atoms with Crippen LogP contribution < -0.4 is 0 Å². The van der Waals surface area contributed by atoms with Gasteiger partial charge in [-0.25, -0.2) is 4.57 Å². The molecule has 0 rings (SSSR count). The van der Waals surface area contributed by atoms with E-state index in [-0.39, 0.29) is 49.0 Å². The molecule has 0 aliphatic carbocycles. The number of hydrogen-bond donors (Lipinski definition) is 3. The number of halogens is 3. The van der Waals surface area contributed by atoms with E-state index >= 15 is 0 Å². The van der Waals surface area contributed by atoms with Gasteiger partial charge in [0.05, 0.1) is 0 Å². The van der Waals surface area contributed by atoms with Crippen molar-refractivity contribution < 1.29 is 32.4 Å². The van der Waals surface area contributed by atoms with Gasteiger partial charge in [0.2, 0.25) is 0 Å². The molecule has 9 heteroatoms. The van der Waals surface area contributed by atoms with Crippen molar-refractivity contribution in [2.75, 3.05) is 0 Å². The molecule has 0 spiro atoms. The number of phosphoric acid groups is 1. The van der Waals surface area contributed by atoms with Gasteiger partial charge in [-0.05, 0) is 0 Å². The molecule has 0 aromatic carbocycles. The van der Waals surface area contributed by atoms with Crippen LogP contribution in [0.25, 0.3) is 0 Å². The molecule has 3 N–H and O–H groups in total. The zero-order chi connectivity index (χ0) is 9.71. The Bertz CT molecular complexity index is 132. The minimum atomic E-state index is -4.64. The van der Waals surface area contributed by atoms with Crippen LogP contribution in [0.2, 0.25) is 0.515 Å². The summed E-state index contributed by atoms with van der Waals surface area (Å²) in [5, 5.41) is 0. The Morgan fingerprint density at radius 1 is 1.27 bits per heavy atom. The Hall–Kier alpha value is 1.54. The molecule has 0 aliphatic rings. The van der Waals surface area contributed by atoms with Crippen LogP contribution in [0, 0.1) is 0 Å². The monoisotopic (exact) mass is 220 g/mol. The summed E-state index contributed by atoms with van der Waals surface area (Å²) in [6.07, 6.45) is -3.88. The first-order valence-corrected chi connectivity index (χ1v) is 6.18. The van der Waals surface area contributed by atoms with Gasteiger partial charge in [0.1, 0.15) is 0 Å². The largest absolute Gasteiger partial charge is 0.466 e. The van der Waals surface area contributed by atoms with Crippen LogP contribution in [0.5, 0.6) is 0 Å². The molecule has 0 aromatic rings. The molecule has 0 fully saturated rings. The van der Waals surface area contributed by atoms with Crippen molar-refractivity contribution in [3.8, 4) is 0 Å². The molecule has 4 nitrogen and oxygen atoms in total. The fourth-order valence-electron chi connectivity index (χ4n) is 0. The van der Waals surface area contributed by atoms with E-state index in [0.717, 1.165) is 0 Å². The molecular weight excluding hydrogens is 215 g/mol. The summed E-state index contributed by atoms with van der Waals surface area (Å²) >= 11 is -0.0781. The second kappa shape index (κ2) is 6.06. The molecule has 0 aliphatic heterocycles. The van der Waals surface area contributed by atoms with E-state index in [2.05, 4.69) is 0 Å². The molecule has 0 radical (unpaired) electrons. The Balaban J connectivity index is 0. The minimum absolute atomic E-state index is 0.0781. The quantitative estimate of drug-likeness (QED) is 0.402. The standard InChI is InChI=1S/C2H2F3.K.H3O4P/c1-2(3,4)5;;1-5(2,3)4/h1H2;;(H3,1,2,3,4). The van der Waals surface area contributed by atoms with Gasteiger partial charge >= 0.3 is 76.6 Å². The molecule has 0 heterocycles. The molecule has 11 heavy (non-hydrogen) atoms. The normalized spacial score (nSPS) is 12.0. The fourth-order valence-corrected chi connectivity index (χ4v) is 0. The van der Waals surface area contributed by atoms with Crippen LogP contribution in [0.3, 0.4) is 0 Å². The van der Waals surface area contributed by atoms with Gasteiger partial charge in [-0.1, -0.05) is 0 Å². The van der Waals surface area contributed by atoms with Gasteiger partial charge < -0.3 is 14.7 Å². The molecule has 0 saturated heterocycles. The second-order valence-electron chi connectivity index (χ2n) is 1.48. The van der Waals surface area contributed by atoms with E-state index in [1.807, 2.05) is 0 Å². The maximum absolute atomic E-state index is 10.8. The van der Waals surface area contributed by atoms with Crippen molar-refractivity contribution in [3.05, 3.63) is 0 Å². The van der Waals surface area contributed by atoms with Crippen LogP contribution >= 0.6 is 7.82 Å². The zero-order valence-corrected chi connectivity index (χ0v) is 9.56. The average Bonchev–Trinajstić information content (AvgIpc) is 1.59. The summed E-state index contributed by atoms with van der Waals surface area (Å²) in [6.45, 7) is 0. The van der Waals surface area contributed by atoms with E-state index in [4.69, 9.17) is 19.2 Å². The van der Waals surface area contributed by atoms with Gasteiger partial charge in [0.25, 0.3) is 0 Å². The van der Waals surface area contributed by atoms with Crippen molar-refractivity contribution in [3.63, 3.8) is 0 Å². The Labute approximate surface area is 94.6 Å². The van der Waals surface area contributed by atoms with Gasteiger partial charge in [-0.3, -0.25) is 0 Å². The van der Waals surface area contributed by atoms with E-state index in [0.29, 0.717) is 0 Å². The van der Waals surface area contributed by atoms with Crippen LogP contribution in [0.4, 0.5) is 13.2 Å². The van der Waals surface area contributed by atoms with Crippen molar-refractivity contribution in [2.45, 2.75) is 6.69 Å². The zero-order valence-electron chi connectivity index (χ0n) is 5.54. The fraction of sp³-hybridized carbons (Fsp3) is 1.00. The molecule has 0 saturated carbocycles. The molecular formula is C2H5F3KO4P. The van der Waals surface area contributed by atoms with E-state index < -0.39 is 14.5 Å². The van der Waals surface area contributed by atoms with E-state index in [1.54, 1.807) is 0 Å². The van der Waals surface area contributed by atoms with Crippen molar-refractivity contribution in [2.24, 2.45) is 0 Å². The Morgan fingerprint density at radius 3 is 1.36 bits per heavy atom. The smallest absolute Gasteiger partial charge is 0.303 e. The number of alkyl halides is 3. The Morgan fingerprint density at radius 2 is 1.36 bits per heavy atom. The molecule has 64 valence electrons. The first-order valence-electron chi connectivity index (χ1n) is 2.41. The van der Waals surface area contributed by atoms with Gasteiger partial charge in [-0.2, -0.15) is 0 Å². The summed E-state index contributed by atoms with van der Waals surface area (Å²) < 4.78 is 40.8. The number of hydrogen-bond acceptors (Lipinski definition) is 1. The summed E-state index contributed by atoms with van der Waals surface area (Å²) in [7, 11) is -4.64. The number of rotatable bonds is 0. The first kappa shape index (κ1) is 15.0. The van der Waals surface area contributed by atoms with Crippen molar-refractivity contribution in [1.82, 2.24) is 0 Å². The van der Waals surface area contributed by atoms with Crippen LogP contribution in [-0.2, 0) is 4.57 Å².